The van der Waals surface area contributed by atoms with Crippen LogP contribution < -0.4 is 5.73 Å². The minimum absolute atomic E-state index is 0.809. The van der Waals surface area contributed by atoms with E-state index in [4.69, 9.17) is 5.73 Å². The second-order valence-electron chi connectivity index (χ2n) is 8.07. The second kappa shape index (κ2) is 7.60. The van der Waals surface area contributed by atoms with Gasteiger partial charge in [0.25, 0.3) is 0 Å². The molecule has 0 fully saturated rings. The van der Waals surface area contributed by atoms with Gasteiger partial charge in [-0.15, -0.1) is 0 Å². The molecule has 1 nitrogen and oxygen atoms in total. The van der Waals surface area contributed by atoms with E-state index in [1.54, 1.807) is 0 Å². The van der Waals surface area contributed by atoms with Crippen LogP contribution in [0.25, 0.3) is 33.4 Å². The van der Waals surface area contributed by atoms with Crippen molar-refractivity contribution in [2.75, 3.05) is 5.73 Å². The third-order valence-corrected chi connectivity index (χ3v) is 5.34. The van der Waals surface area contributed by atoms with E-state index in [2.05, 4.69) is 100 Å². The Morgan fingerprint density at radius 2 is 0.966 bits per heavy atom. The maximum Gasteiger partial charge on any atom is 0.0400 e. The van der Waals surface area contributed by atoms with Crippen molar-refractivity contribution in [3.63, 3.8) is 0 Å². The predicted molar refractivity (Wildman–Crippen MR) is 126 cm³/mol. The van der Waals surface area contributed by atoms with Crippen molar-refractivity contribution >= 4 is 5.69 Å². The summed E-state index contributed by atoms with van der Waals surface area (Å²) >= 11 is 0. The van der Waals surface area contributed by atoms with E-state index in [1.165, 1.54) is 50.1 Å². The lowest BCUT2D eigenvalue weighted by molar-refractivity contribution is 1.37. The van der Waals surface area contributed by atoms with Crippen LogP contribution in [-0.2, 0) is 0 Å². The van der Waals surface area contributed by atoms with E-state index in [0.29, 0.717) is 0 Å². The summed E-state index contributed by atoms with van der Waals surface area (Å²) in [5.41, 5.74) is 19.5. The van der Waals surface area contributed by atoms with Crippen LogP contribution in [-0.4, -0.2) is 0 Å². The van der Waals surface area contributed by atoms with Crippen molar-refractivity contribution in [3.8, 4) is 33.4 Å². The second-order valence-corrected chi connectivity index (χ2v) is 8.07. The third-order valence-electron chi connectivity index (χ3n) is 5.34. The Morgan fingerprint density at radius 1 is 0.483 bits per heavy atom. The summed E-state index contributed by atoms with van der Waals surface area (Å²) in [6.45, 7) is 8.59. The normalized spacial score (nSPS) is 10.9. The maximum atomic E-state index is 6.61. The van der Waals surface area contributed by atoms with Gasteiger partial charge >= 0.3 is 0 Å². The summed E-state index contributed by atoms with van der Waals surface area (Å²) in [5, 5.41) is 0. The van der Waals surface area contributed by atoms with Crippen molar-refractivity contribution < 1.29 is 0 Å². The molecule has 2 N–H and O–H groups in total. The number of benzene rings is 4. The predicted octanol–water partition coefficient (Wildman–Crippen LogP) is 7.50. The highest BCUT2D eigenvalue weighted by Gasteiger charge is 2.18. The number of nitrogen functional groups attached to an aromatic ring is 1. The van der Waals surface area contributed by atoms with Gasteiger partial charge in [-0.2, -0.15) is 0 Å². The minimum atomic E-state index is 0.809. The van der Waals surface area contributed by atoms with Gasteiger partial charge in [0.2, 0.25) is 0 Å². The van der Waals surface area contributed by atoms with Crippen LogP contribution in [0, 0.1) is 27.7 Å². The van der Waals surface area contributed by atoms with Gasteiger partial charge < -0.3 is 5.73 Å². The molecule has 0 aliphatic carbocycles. The Labute approximate surface area is 173 Å². The molecule has 0 aliphatic rings. The smallest absolute Gasteiger partial charge is 0.0400 e. The van der Waals surface area contributed by atoms with Gasteiger partial charge in [-0.05, 0) is 61.6 Å². The summed E-state index contributed by atoms with van der Waals surface area (Å²) in [6, 6.07) is 28.2. The van der Waals surface area contributed by atoms with Gasteiger partial charge in [-0.25, -0.2) is 0 Å². The average Bonchev–Trinajstić information content (AvgIpc) is 2.66. The number of rotatable bonds is 3. The molecule has 4 aromatic rings. The molecule has 4 rings (SSSR count). The summed E-state index contributed by atoms with van der Waals surface area (Å²) in [5.74, 6) is 0. The van der Waals surface area contributed by atoms with Crippen molar-refractivity contribution in [2.45, 2.75) is 27.7 Å². The molecule has 29 heavy (non-hydrogen) atoms. The first-order valence-electron chi connectivity index (χ1n) is 10.1. The molecule has 0 radical (unpaired) electrons. The number of hydrogen-bond donors (Lipinski definition) is 1. The van der Waals surface area contributed by atoms with Crippen LogP contribution in [0.4, 0.5) is 5.69 Å². The molecular formula is C28H27N. The van der Waals surface area contributed by atoms with Gasteiger partial charge in [0.05, 0.1) is 0 Å². The summed E-state index contributed by atoms with van der Waals surface area (Å²) in [6.07, 6.45) is 0. The Balaban J connectivity index is 2.12. The fourth-order valence-corrected chi connectivity index (χ4v) is 4.33. The summed E-state index contributed by atoms with van der Waals surface area (Å²) in [4.78, 5) is 0. The monoisotopic (exact) mass is 377 g/mol. The van der Waals surface area contributed by atoms with Crippen molar-refractivity contribution in [2.24, 2.45) is 0 Å². The molecule has 0 spiro atoms. The Morgan fingerprint density at radius 3 is 1.48 bits per heavy atom. The van der Waals surface area contributed by atoms with Gasteiger partial charge in [-0.1, -0.05) is 95.1 Å². The molecular weight excluding hydrogens is 350 g/mol. The van der Waals surface area contributed by atoms with Crippen LogP contribution >= 0.6 is 0 Å². The molecule has 0 heterocycles. The largest absolute Gasteiger partial charge is 0.398 e. The van der Waals surface area contributed by atoms with E-state index in [0.717, 1.165) is 11.3 Å². The molecule has 0 unspecified atom stereocenters. The molecule has 0 bridgehead atoms. The van der Waals surface area contributed by atoms with Crippen LogP contribution in [0.15, 0.2) is 78.9 Å². The lowest BCUT2D eigenvalue weighted by Gasteiger charge is -2.20. The molecule has 0 aromatic heterocycles. The third kappa shape index (κ3) is 3.82. The first-order chi connectivity index (χ1) is 13.9. The lowest BCUT2D eigenvalue weighted by Crippen LogP contribution is -1.98. The number of anilines is 1. The molecule has 0 saturated heterocycles. The van der Waals surface area contributed by atoms with Crippen LogP contribution in [0.3, 0.4) is 0 Å². The van der Waals surface area contributed by atoms with Crippen molar-refractivity contribution in [1.82, 2.24) is 0 Å². The topological polar surface area (TPSA) is 26.0 Å². The molecule has 0 aliphatic heterocycles. The van der Waals surface area contributed by atoms with Crippen molar-refractivity contribution in [3.05, 3.63) is 101 Å². The van der Waals surface area contributed by atoms with Crippen LogP contribution in [0.5, 0.6) is 0 Å². The number of hydrogen-bond acceptors (Lipinski definition) is 1. The molecule has 0 amide bonds. The molecule has 4 aromatic carbocycles. The zero-order chi connectivity index (χ0) is 20.5. The highest BCUT2D eigenvalue weighted by molar-refractivity contribution is 5.99. The van der Waals surface area contributed by atoms with Gasteiger partial charge in [0.1, 0.15) is 0 Å². The zero-order valence-corrected chi connectivity index (χ0v) is 17.6. The lowest BCUT2D eigenvalue weighted by atomic mass is 9.85. The first-order valence-corrected chi connectivity index (χ1v) is 10.1. The van der Waals surface area contributed by atoms with Crippen molar-refractivity contribution in [1.29, 1.82) is 0 Å². The molecule has 144 valence electrons. The highest BCUT2D eigenvalue weighted by atomic mass is 14.6. The van der Waals surface area contributed by atoms with Gasteiger partial charge in [0.15, 0.2) is 0 Å². The van der Waals surface area contributed by atoms with E-state index in [1.807, 2.05) is 6.07 Å². The van der Waals surface area contributed by atoms with E-state index in [-0.39, 0.29) is 0 Å². The molecule has 0 atom stereocenters. The van der Waals surface area contributed by atoms with E-state index >= 15 is 0 Å². The van der Waals surface area contributed by atoms with Crippen LogP contribution in [0.2, 0.25) is 0 Å². The van der Waals surface area contributed by atoms with E-state index in [9.17, 15) is 0 Å². The zero-order valence-electron chi connectivity index (χ0n) is 17.6. The Bertz CT molecular complexity index is 1150. The summed E-state index contributed by atoms with van der Waals surface area (Å²) < 4.78 is 0. The summed E-state index contributed by atoms with van der Waals surface area (Å²) in [7, 11) is 0. The standard InChI is InChI=1S/C28H27N/c1-18-12-19(2)15-23(14-18)27-25(22-8-6-5-7-9-22)10-11-26(29)28(27)24-16-20(3)13-21(4)17-24/h5-17H,29H2,1-4H3. The molecule has 1 heteroatoms. The number of aryl methyl sites for hydroxylation is 4. The Kier molecular flexibility index (Phi) is 4.98. The SMILES string of the molecule is Cc1cc(C)cc(-c2c(N)ccc(-c3ccccc3)c2-c2cc(C)cc(C)c2)c1. The molecule has 0 saturated carbocycles. The fourth-order valence-electron chi connectivity index (χ4n) is 4.33. The Hall–Kier alpha value is -3.32. The van der Waals surface area contributed by atoms with Gasteiger partial charge in [-0.3, -0.25) is 0 Å². The average molecular weight is 378 g/mol. The fraction of sp³-hybridized carbons (Fsp3) is 0.143. The number of nitrogens with two attached hydrogens (primary N) is 1. The quantitative estimate of drug-likeness (QED) is 0.367. The van der Waals surface area contributed by atoms with Gasteiger partial charge in [0, 0.05) is 11.3 Å². The first kappa shape index (κ1) is 19.0. The minimum Gasteiger partial charge on any atom is -0.398 e. The highest BCUT2D eigenvalue weighted by Crippen LogP contribution is 2.44. The maximum absolute atomic E-state index is 6.61. The van der Waals surface area contributed by atoms with Crippen LogP contribution in [0.1, 0.15) is 22.3 Å². The van der Waals surface area contributed by atoms with E-state index < -0.39 is 0 Å².